The number of benzene rings is 2. The van der Waals surface area contributed by atoms with Gasteiger partial charge in [-0.1, -0.05) is 42.5 Å². The van der Waals surface area contributed by atoms with Gasteiger partial charge in [-0.3, -0.25) is 4.79 Å². The van der Waals surface area contributed by atoms with Crippen molar-refractivity contribution in [1.29, 1.82) is 5.26 Å². The highest BCUT2D eigenvalue weighted by molar-refractivity contribution is 6.01. The summed E-state index contributed by atoms with van der Waals surface area (Å²) in [5, 5.41) is 8.84. The summed E-state index contributed by atoms with van der Waals surface area (Å²) in [6, 6.07) is 18.7. The molecule has 0 aliphatic heterocycles. The van der Waals surface area contributed by atoms with E-state index in [0.29, 0.717) is 12.4 Å². The van der Waals surface area contributed by atoms with Crippen molar-refractivity contribution in [3.05, 3.63) is 83.1 Å². The highest BCUT2D eigenvalue weighted by Crippen LogP contribution is 2.15. The van der Waals surface area contributed by atoms with Crippen LogP contribution in [0.1, 0.15) is 18.1 Å². The van der Waals surface area contributed by atoms with Crippen LogP contribution < -0.4 is 10.5 Å². The van der Waals surface area contributed by atoms with Crippen molar-refractivity contribution >= 4 is 17.8 Å². The molecule has 142 valence electrons. The average molecular weight is 376 g/mol. The van der Waals surface area contributed by atoms with E-state index in [2.05, 4.69) is 0 Å². The smallest absolute Gasteiger partial charge is 0.331 e. The van der Waals surface area contributed by atoms with Crippen molar-refractivity contribution in [3.8, 4) is 11.8 Å². The van der Waals surface area contributed by atoms with Gasteiger partial charge >= 0.3 is 5.97 Å². The molecule has 0 radical (unpaired) electrons. The average Bonchev–Trinajstić information content (AvgIpc) is 2.71. The van der Waals surface area contributed by atoms with Crippen LogP contribution in [0.25, 0.3) is 6.08 Å². The minimum Gasteiger partial charge on any atom is -0.489 e. The van der Waals surface area contributed by atoms with Gasteiger partial charge in [0.1, 0.15) is 24.0 Å². The Morgan fingerprint density at radius 2 is 1.79 bits per heavy atom. The number of hydrogen-bond acceptors (Lipinski definition) is 6. The fourth-order valence-corrected chi connectivity index (χ4v) is 2.21. The fraction of sp³-hybridized carbons (Fsp3) is 0.136. The Morgan fingerprint density at radius 3 is 2.39 bits per heavy atom. The van der Waals surface area contributed by atoms with Gasteiger partial charge in [-0.25, -0.2) is 4.79 Å². The molecule has 0 aliphatic carbocycles. The molecule has 0 unspecified atom stereocenters. The quantitative estimate of drug-likeness (QED) is 0.431. The molecule has 2 rings (SSSR count). The normalized spacial score (nSPS) is 11.4. The van der Waals surface area contributed by atoms with Crippen LogP contribution >= 0.6 is 0 Å². The Hall–Kier alpha value is -3.85. The maximum absolute atomic E-state index is 11.7. The fourth-order valence-electron chi connectivity index (χ4n) is 2.21. The zero-order valence-corrected chi connectivity index (χ0v) is 15.4. The summed E-state index contributed by atoms with van der Waals surface area (Å²) in [5.41, 5.74) is 7.15. The van der Waals surface area contributed by atoms with Crippen LogP contribution in [0.2, 0.25) is 0 Å². The monoisotopic (exact) mass is 376 g/mol. The molecule has 0 heterocycles. The number of esters is 1. The lowest BCUT2D eigenvalue weighted by molar-refractivity contribution is -0.141. The van der Waals surface area contributed by atoms with Gasteiger partial charge in [-0.2, -0.15) is 5.26 Å². The Balaban J connectivity index is 1.83. The Kier molecular flexibility index (Phi) is 7.55. The zero-order chi connectivity index (χ0) is 20.4. The summed E-state index contributed by atoms with van der Waals surface area (Å²) in [4.78, 5) is 23.4. The number of Topliss-reactive ketones (excluding diaryl/α,β-unsaturated/α-hetero) is 1. The predicted molar refractivity (Wildman–Crippen MR) is 105 cm³/mol. The number of ketones is 1. The van der Waals surface area contributed by atoms with E-state index in [0.717, 1.165) is 11.1 Å². The second-order valence-corrected chi connectivity index (χ2v) is 5.88. The van der Waals surface area contributed by atoms with E-state index in [1.807, 2.05) is 30.3 Å². The number of rotatable bonds is 8. The summed E-state index contributed by atoms with van der Waals surface area (Å²) in [6.45, 7) is 1.37. The van der Waals surface area contributed by atoms with Crippen LogP contribution in [-0.2, 0) is 20.9 Å². The molecule has 2 N–H and O–H groups in total. The lowest BCUT2D eigenvalue weighted by Crippen LogP contribution is -2.16. The number of hydrogen-bond donors (Lipinski definition) is 1. The van der Waals surface area contributed by atoms with E-state index in [-0.39, 0.29) is 11.3 Å². The van der Waals surface area contributed by atoms with Crippen molar-refractivity contribution in [2.45, 2.75) is 13.5 Å². The van der Waals surface area contributed by atoms with Gasteiger partial charge in [0, 0.05) is 11.8 Å². The van der Waals surface area contributed by atoms with E-state index in [9.17, 15) is 9.59 Å². The Morgan fingerprint density at radius 1 is 1.11 bits per heavy atom. The van der Waals surface area contributed by atoms with Crippen LogP contribution in [0.5, 0.6) is 5.75 Å². The maximum atomic E-state index is 11.7. The van der Waals surface area contributed by atoms with E-state index in [4.69, 9.17) is 20.5 Å². The highest BCUT2D eigenvalue weighted by atomic mass is 16.5. The predicted octanol–water partition coefficient (Wildman–Crippen LogP) is 3.15. The van der Waals surface area contributed by atoms with Gasteiger partial charge < -0.3 is 15.2 Å². The number of nitriles is 1. The third kappa shape index (κ3) is 6.46. The van der Waals surface area contributed by atoms with Crippen molar-refractivity contribution in [1.82, 2.24) is 0 Å². The third-order valence-electron chi connectivity index (χ3n) is 3.67. The molecule has 0 amide bonds. The molecule has 6 heteroatoms. The number of allylic oxidation sites excluding steroid dienone is 1. The first-order chi connectivity index (χ1) is 13.5. The van der Waals surface area contributed by atoms with Crippen LogP contribution in [0.4, 0.5) is 0 Å². The summed E-state index contributed by atoms with van der Waals surface area (Å²) in [7, 11) is 0. The van der Waals surface area contributed by atoms with Crippen molar-refractivity contribution in [2.24, 2.45) is 5.73 Å². The van der Waals surface area contributed by atoms with Crippen LogP contribution in [0, 0.1) is 11.3 Å². The first-order valence-corrected chi connectivity index (χ1v) is 8.51. The van der Waals surface area contributed by atoms with Crippen molar-refractivity contribution in [2.75, 3.05) is 6.61 Å². The first kappa shape index (κ1) is 20.5. The molecule has 2 aromatic carbocycles. The molecule has 6 nitrogen and oxygen atoms in total. The van der Waals surface area contributed by atoms with Crippen LogP contribution in [-0.4, -0.2) is 18.4 Å². The molecule has 0 aromatic heterocycles. The highest BCUT2D eigenvalue weighted by Gasteiger charge is 2.13. The number of nitrogens with zero attached hydrogens (tertiary/aromatic N) is 1. The Bertz CT molecular complexity index is 919. The molecule has 2 aromatic rings. The topological polar surface area (TPSA) is 102 Å². The molecule has 28 heavy (non-hydrogen) atoms. The van der Waals surface area contributed by atoms with Gasteiger partial charge in [0.15, 0.2) is 6.61 Å². The molecular formula is C22H20N2O4. The Labute approximate surface area is 163 Å². The van der Waals surface area contributed by atoms with E-state index in [1.165, 1.54) is 13.0 Å². The van der Waals surface area contributed by atoms with Gasteiger partial charge in [-0.15, -0.1) is 0 Å². The van der Waals surface area contributed by atoms with E-state index < -0.39 is 18.4 Å². The zero-order valence-electron chi connectivity index (χ0n) is 15.4. The van der Waals surface area contributed by atoms with E-state index in [1.54, 1.807) is 36.4 Å². The number of nitrogens with two attached hydrogens (primary N) is 1. The molecule has 0 saturated carbocycles. The second-order valence-electron chi connectivity index (χ2n) is 5.88. The summed E-state index contributed by atoms with van der Waals surface area (Å²) in [5.74, 6) is -0.615. The van der Waals surface area contributed by atoms with Crippen LogP contribution in [0.15, 0.2) is 71.9 Å². The van der Waals surface area contributed by atoms with Gasteiger partial charge in [0.25, 0.3) is 0 Å². The molecule has 0 saturated heterocycles. The van der Waals surface area contributed by atoms with Crippen molar-refractivity contribution in [3.63, 3.8) is 0 Å². The second kappa shape index (κ2) is 10.3. The molecule has 0 spiro atoms. The molecule has 0 aliphatic rings. The standard InChI is InChI=1S/C22H20N2O4/c1-16(24)20(13-23)21(25)15-28-22(26)12-9-17-7-10-19(11-8-17)27-14-18-5-3-2-4-6-18/h2-12H,14-15,24H2,1H3. The lowest BCUT2D eigenvalue weighted by Gasteiger charge is -2.06. The third-order valence-corrected chi connectivity index (χ3v) is 3.67. The van der Waals surface area contributed by atoms with Crippen LogP contribution in [0.3, 0.4) is 0 Å². The first-order valence-electron chi connectivity index (χ1n) is 8.51. The largest absolute Gasteiger partial charge is 0.489 e. The van der Waals surface area contributed by atoms with Gasteiger partial charge in [0.2, 0.25) is 5.78 Å². The number of ether oxygens (including phenoxy) is 2. The number of carbonyl (C=O) groups excluding carboxylic acids is 2. The van der Waals surface area contributed by atoms with Gasteiger partial charge in [-0.05, 0) is 36.3 Å². The molecule has 0 atom stereocenters. The summed E-state index contributed by atoms with van der Waals surface area (Å²) < 4.78 is 10.5. The summed E-state index contributed by atoms with van der Waals surface area (Å²) in [6.07, 6.45) is 2.77. The summed E-state index contributed by atoms with van der Waals surface area (Å²) >= 11 is 0. The number of carbonyl (C=O) groups is 2. The molecular weight excluding hydrogens is 356 g/mol. The molecule has 0 bridgehead atoms. The maximum Gasteiger partial charge on any atom is 0.331 e. The van der Waals surface area contributed by atoms with Gasteiger partial charge in [0.05, 0.1) is 0 Å². The minimum absolute atomic E-state index is 0.0914. The lowest BCUT2D eigenvalue weighted by atomic mass is 10.1. The van der Waals surface area contributed by atoms with Crippen molar-refractivity contribution < 1.29 is 19.1 Å². The molecule has 0 fully saturated rings. The van der Waals surface area contributed by atoms with E-state index >= 15 is 0 Å². The minimum atomic E-state index is -0.690. The SMILES string of the molecule is CC(N)=C(C#N)C(=O)COC(=O)C=Cc1ccc(OCc2ccccc2)cc1.